The monoisotopic (exact) mass is 280 g/mol. The second-order valence-corrected chi connectivity index (χ2v) is 4.36. The van der Waals surface area contributed by atoms with Gasteiger partial charge in [-0.15, -0.1) is 0 Å². The van der Waals surface area contributed by atoms with Gasteiger partial charge in [-0.2, -0.15) is 5.10 Å². The van der Waals surface area contributed by atoms with Gasteiger partial charge in [-0.1, -0.05) is 30.3 Å². The molecule has 0 saturated carbocycles. The molecule has 0 fully saturated rings. The van der Waals surface area contributed by atoms with Crippen molar-refractivity contribution in [3.8, 4) is 0 Å². The molecule has 104 valence electrons. The van der Waals surface area contributed by atoms with Crippen LogP contribution < -0.4 is 5.43 Å². The van der Waals surface area contributed by atoms with E-state index in [2.05, 4.69) is 20.5 Å². The Hall–Kier alpha value is -3.15. The molecule has 21 heavy (non-hydrogen) atoms. The van der Waals surface area contributed by atoms with Crippen LogP contribution in [0, 0.1) is 0 Å². The normalized spacial score (nSPS) is 11.0. The molecule has 3 aromatic rings. The molecule has 3 rings (SSSR count). The van der Waals surface area contributed by atoms with E-state index in [0.29, 0.717) is 11.5 Å². The van der Waals surface area contributed by atoms with E-state index >= 15 is 0 Å². The van der Waals surface area contributed by atoms with E-state index in [1.54, 1.807) is 18.2 Å². The van der Waals surface area contributed by atoms with Gasteiger partial charge in [0.25, 0.3) is 0 Å². The molecular weight excluding hydrogens is 268 g/mol. The summed E-state index contributed by atoms with van der Waals surface area (Å²) in [6, 6.07) is 14.3. The molecule has 0 amide bonds. The van der Waals surface area contributed by atoms with Crippen molar-refractivity contribution >= 4 is 29.2 Å². The minimum Gasteiger partial charge on any atom is -0.478 e. The lowest BCUT2D eigenvalue weighted by molar-refractivity contribution is 0.0697. The molecular formula is C15H12N4O2. The lowest BCUT2D eigenvalue weighted by Crippen LogP contribution is -2.02. The van der Waals surface area contributed by atoms with Crippen molar-refractivity contribution in [1.82, 2.24) is 9.97 Å². The number of aromatic amines is 1. The molecule has 6 heteroatoms. The summed E-state index contributed by atoms with van der Waals surface area (Å²) in [7, 11) is 0. The second-order valence-electron chi connectivity index (χ2n) is 4.36. The molecule has 0 bridgehead atoms. The maximum atomic E-state index is 11.1. The van der Waals surface area contributed by atoms with Gasteiger partial charge in [-0.25, -0.2) is 15.2 Å². The molecule has 0 aliphatic carbocycles. The second kappa shape index (κ2) is 5.46. The Kier molecular flexibility index (Phi) is 3.34. The fraction of sp³-hybridized carbons (Fsp3) is 0. The van der Waals surface area contributed by atoms with Gasteiger partial charge in [0.2, 0.25) is 5.95 Å². The van der Waals surface area contributed by atoms with Gasteiger partial charge in [0.05, 0.1) is 22.8 Å². The van der Waals surface area contributed by atoms with Crippen LogP contribution in [0.5, 0.6) is 0 Å². The van der Waals surface area contributed by atoms with Crippen molar-refractivity contribution in [2.24, 2.45) is 5.10 Å². The Morgan fingerprint density at radius 3 is 2.76 bits per heavy atom. The van der Waals surface area contributed by atoms with Gasteiger partial charge >= 0.3 is 5.97 Å². The van der Waals surface area contributed by atoms with E-state index in [9.17, 15) is 4.79 Å². The van der Waals surface area contributed by atoms with Crippen LogP contribution in [0.1, 0.15) is 15.9 Å². The average molecular weight is 280 g/mol. The van der Waals surface area contributed by atoms with Crippen LogP contribution in [-0.2, 0) is 0 Å². The molecule has 0 unspecified atom stereocenters. The van der Waals surface area contributed by atoms with E-state index in [4.69, 9.17) is 5.11 Å². The molecule has 0 radical (unpaired) electrons. The maximum Gasteiger partial charge on any atom is 0.336 e. The Balaban J connectivity index is 1.79. The van der Waals surface area contributed by atoms with E-state index in [1.165, 1.54) is 12.3 Å². The Morgan fingerprint density at radius 1 is 1.19 bits per heavy atom. The summed E-state index contributed by atoms with van der Waals surface area (Å²) in [5.41, 5.74) is 5.22. The predicted molar refractivity (Wildman–Crippen MR) is 80.7 cm³/mol. The molecule has 0 saturated heterocycles. The number of nitrogens with one attached hydrogen (secondary N) is 2. The lowest BCUT2D eigenvalue weighted by atomic mass is 10.1. The van der Waals surface area contributed by atoms with Crippen molar-refractivity contribution in [1.29, 1.82) is 0 Å². The number of rotatable bonds is 4. The average Bonchev–Trinajstić information content (AvgIpc) is 2.90. The Bertz CT molecular complexity index is 790. The summed E-state index contributed by atoms with van der Waals surface area (Å²) in [4.78, 5) is 18.4. The molecule has 6 nitrogen and oxygen atoms in total. The quantitative estimate of drug-likeness (QED) is 0.506. The fourth-order valence-electron chi connectivity index (χ4n) is 1.97. The Labute approximate surface area is 120 Å². The number of hydrogen-bond donors (Lipinski definition) is 3. The van der Waals surface area contributed by atoms with Crippen LogP contribution in [-0.4, -0.2) is 27.3 Å². The van der Waals surface area contributed by atoms with Crippen LogP contribution in [0.3, 0.4) is 0 Å². The zero-order valence-corrected chi connectivity index (χ0v) is 10.9. The maximum absolute atomic E-state index is 11.1. The highest BCUT2D eigenvalue weighted by Gasteiger charge is 2.06. The zero-order valence-electron chi connectivity index (χ0n) is 10.9. The number of aromatic carboxylic acids is 1. The van der Waals surface area contributed by atoms with Gasteiger partial charge < -0.3 is 10.1 Å². The number of para-hydroxylation sites is 2. The van der Waals surface area contributed by atoms with E-state index in [1.807, 2.05) is 24.3 Å². The smallest absolute Gasteiger partial charge is 0.336 e. The third kappa shape index (κ3) is 2.74. The number of fused-ring (bicyclic) bond motifs is 1. The first-order valence-corrected chi connectivity index (χ1v) is 6.30. The number of carbonyl (C=O) groups is 1. The molecule has 0 atom stereocenters. The molecule has 0 aliphatic heterocycles. The molecule has 1 aromatic heterocycles. The summed E-state index contributed by atoms with van der Waals surface area (Å²) >= 11 is 0. The van der Waals surface area contributed by atoms with Crippen molar-refractivity contribution in [2.45, 2.75) is 0 Å². The minimum absolute atomic E-state index is 0.202. The van der Waals surface area contributed by atoms with Crippen LogP contribution in [0.4, 0.5) is 5.95 Å². The number of H-pyrrole nitrogens is 1. The summed E-state index contributed by atoms with van der Waals surface area (Å²) in [5, 5.41) is 13.1. The number of hydrogen-bond acceptors (Lipinski definition) is 4. The van der Waals surface area contributed by atoms with Gasteiger partial charge in [0, 0.05) is 5.56 Å². The molecule has 1 heterocycles. The number of hydrazone groups is 1. The summed E-state index contributed by atoms with van der Waals surface area (Å²) in [6.45, 7) is 0. The number of carboxylic acids is 1. The van der Waals surface area contributed by atoms with Crippen molar-refractivity contribution in [3.63, 3.8) is 0 Å². The standard InChI is InChI=1S/C15H12N4O2/c20-14(21)11-6-2-1-5-10(11)9-16-19-15-17-12-7-3-4-8-13(12)18-15/h1-9H,(H,20,21)(H2,17,18,19)/b16-9-. The van der Waals surface area contributed by atoms with Crippen LogP contribution in [0.15, 0.2) is 53.6 Å². The number of carboxylic acid groups (broad SMARTS) is 1. The number of imidazole rings is 1. The van der Waals surface area contributed by atoms with Crippen LogP contribution in [0.25, 0.3) is 11.0 Å². The number of nitrogens with zero attached hydrogens (tertiary/aromatic N) is 2. The van der Waals surface area contributed by atoms with Crippen molar-refractivity contribution in [3.05, 3.63) is 59.7 Å². The van der Waals surface area contributed by atoms with Crippen molar-refractivity contribution < 1.29 is 9.90 Å². The van der Waals surface area contributed by atoms with Crippen LogP contribution in [0.2, 0.25) is 0 Å². The zero-order chi connectivity index (χ0) is 14.7. The first-order valence-electron chi connectivity index (χ1n) is 6.30. The minimum atomic E-state index is -0.985. The van der Waals surface area contributed by atoms with E-state index in [-0.39, 0.29) is 5.56 Å². The van der Waals surface area contributed by atoms with Crippen LogP contribution >= 0.6 is 0 Å². The highest BCUT2D eigenvalue weighted by Crippen LogP contribution is 2.13. The third-order valence-electron chi connectivity index (χ3n) is 2.95. The number of aromatic nitrogens is 2. The topological polar surface area (TPSA) is 90.4 Å². The lowest BCUT2D eigenvalue weighted by Gasteiger charge is -1.99. The SMILES string of the molecule is O=C(O)c1ccccc1/C=N\Nc1nc2ccccc2[nH]1. The molecule has 2 aromatic carbocycles. The van der Waals surface area contributed by atoms with E-state index < -0.39 is 5.97 Å². The summed E-state index contributed by atoms with van der Waals surface area (Å²) < 4.78 is 0. The fourth-order valence-corrected chi connectivity index (χ4v) is 1.97. The first kappa shape index (κ1) is 12.9. The molecule has 3 N–H and O–H groups in total. The highest BCUT2D eigenvalue weighted by molar-refractivity contribution is 5.98. The van der Waals surface area contributed by atoms with Gasteiger partial charge in [-0.05, 0) is 18.2 Å². The largest absolute Gasteiger partial charge is 0.478 e. The Morgan fingerprint density at radius 2 is 1.95 bits per heavy atom. The predicted octanol–water partition coefficient (Wildman–Crippen LogP) is 2.71. The van der Waals surface area contributed by atoms with Gasteiger partial charge in [0.15, 0.2) is 0 Å². The third-order valence-corrected chi connectivity index (χ3v) is 2.95. The first-order chi connectivity index (χ1) is 10.2. The molecule has 0 aliphatic rings. The van der Waals surface area contributed by atoms with Gasteiger partial charge in [0.1, 0.15) is 0 Å². The summed E-state index contributed by atoms with van der Waals surface area (Å²) in [6.07, 6.45) is 1.46. The van der Waals surface area contributed by atoms with E-state index in [0.717, 1.165) is 11.0 Å². The summed E-state index contributed by atoms with van der Waals surface area (Å²) in [5.74, 6) is -0.485. The van der Waals surface area contributed by atoms with Crippen molar-refractivity contribution in [2.75, 3.05) is 5.43 Å². The molecule has 0 spiro atoms. The number of anilines is 1. The highest BCUT2D eigenvalue weighted by atomic mass is 16.4. The number of benzene rings is 2. The van der Waals surface area contributed by atoms with Gasteiger partial charge in [-0.3, -0.25) is 0 Å².